The maximum absolute atomic E-state index is 12.9. The third kappa shape index (κ3) is 5.75. The van der Waals surface area contributed by atoms with Gasteiger partial charge in [0.25, 0.3) is 5.91 Å². The Morgan fingerprint density at radius 3 is 2.70 bits per heavy atom. The zero-order chi connectivity index (χ0) is 25.8. The number of amides is 2. The number of anilines is 1. The molecule has 3 aromatic rings. The number of nitrogens with zero attached hydrogens (tertiary/aromatic N) is 4. The highest BCUT2D eigenvalue weighted by molar-refractivity contribution is 5.90. The molecule has 2 amide bonds. The first-order valence-electron chi connectivity index (χ1n) is 12.7. The number of rotatable bonds is 7. The first-order chi connectivity index (χ1) is 18.0. The van der Waals surface area contributed by atoms with Crippen LogP contribution in [0.5, 0.6) is 5.75 Å². The minimum atomic E-state index is -1.03. The van der Waals surface area contributed by atoms with E-state index in [9.17, 15) is 14.7 Å². The molecule has 1 aromatic heterocycles. The summed E-state index contributed by atoms with van der Waals surface area (Å²) in [7, 11) is 1.75. The van der Waals surface area contributed by atoms with Crippen molar-refractivity contribution < 1.29 is 19.4 Å². The molecule has 2 aliphatic heterocycles. The lowest BCUT2D eigenvalue weighted by molar-refractivity contribution is -0.130. The Morgan fingerprint density at radius 2 is 1.92 bits per heavy atom. The highest BCUT2D eigenvalue weighted by Crippen LogP contribution is 2.33. The van der Waals surface area contributed by atoms with E-state index in [1.165, 1.54) is 0 Å². The molecule has 1 fully saturated rings. The van der Waals surface area contributed by atoms with Crippen molar-refractivity contribution >= 4 is 17.5 Å². The summed E-state index contributed by atoms with van der Waals surface area (Å²) in [6, 6.07) is 14.8. The molecule has 10 heteroatoms. The number of aromatic amines is 1. The van der Waals surface area contributed by atoms with E-state index in [0.717, 1.165) is 37.1 Å². The number of nitrogens with one attached hydrogen (secondary N) is 2. The van der Waals surface area contributed by atoms with Crippen molar-refractivity contribution in [3.8, 4) is 5.75 Å². The van der Waals surface area contributed by atoms with E-state index < -0.39 is 18.2 Å². The van der Waals surface area contributed by atoms with Crippen LogP contribution >= 0.6 is 0 Å². The summed E-state index contributed by atoms with van der Waals surface area (Å²) in [6.07, 6.45) is 2.71. The summed E-state index contributed by atoms with van der Waals surface area (Å²) in [5.41, 5.74) is 2.75. The summed E-state index contributed by atoms with van der Waals surface area (Å²) in [6.45, 7) is 1.78. The average molecular weight is 505 g/mol. The fourth-order valence-electron chi connectivity index (χ4n) is 4.78. The van der Waals surface area contributed by atoms with E-state index in [0.29, 0.717) is 36.5 Å². The van der Waals surface area contributed by atoms with Gasteiger partial charge < -0.3 is 25.0 Å². The number of aliphatic hydroxyl groups is 1. The van der Waals surface area contributed by atoms with Gasteiger partial charge in [-0.2, -0.15) is 0 Å². The van der Waals surface area contributed by atoms with Crippen molar-refractivity contribution in [3.63, 3.8) is 0 Å². The Kier molecular flexibility index (Phi) is 7.36. The van der Waals surface area contributed by atoms with Gasteiger partial charge in [-0.1, -0.05) is 36.4 Å². The van der Waals surface area contributed by atoms with Gasteiger partial charge in [-0.15, -0.1) is 5.10 Å². The molecule has 3 N–H and O–H groups in total. The third-order valence-corrected chi connectivity index (χ3v) is 6.93. The number of likely N-dealkylation sites (N-methyl/N-ethyl adjacent to an activating group) is 1. The van der Waals surface area contributed by atoms with Crippen molar-refractivity contribution in [2.24, 2.45) is 0 Å². The second-order valence-corrected chi connectivity index (χ2v) is 9.57. The standard InChI is InChI=1S/C27H32N6O4/c1-32-21-15-19(10-12-24(34)33-13-5-6-14-33)9-11-22(21)37-17-20(27(32)36)28-26(35)25-29-23(30-31-25)16-18-7-3-2-4-8-18/h2-4,7-9,11,15,20,27,36H,5-6,10,12-14,16-17H2,1H3,(H,28,35)(H,29,30,31). The van der Waals surface area contributed by atoms with Gasteiger partial charge in [0, 0.05) is 33.0 Å². The normalized spacial score (nSPS) is 19.2. The third-order valence-electron chi connectivity index (χ3n) is 6.93. The summed E-state index contributed by atoms with van der Waals surface area (Å²) < 4.78 is 5.94. The Morgan fingerprint density at radius 1 is 1.14 bits per heavy atom. The highest BCUT2D eigenvalue weighted by Gasteiger charge is 2.32. The Labute approximate surface area is 215 Å². The van der Waals surface area contributed by atoms with Crippen molar-refractivity contribution in [3.05, 3.63) is 71.3 Å². The number of benzene rings is 2. The number of fused-ring (bicyclic) bond motifs is 1. The molecule has 2 aliphatic rings. The van der Waals surface area contributed by atoms with Crippen LogP contribution in [0.15, 0.2) is 48.5 Å². The van der Waals surface area contributed by atoms with Gasteiger partial charge in [-0.05, 0) is 42.5 Å². The monoisotopic (exact) mass is 504 g/mol. The molecule has 0 saturated carbocycles. The minimum absolute atomic E-state index is 0.00695. The first-order valence-corrected chi connectivity index (χ1v) is 12.7. The van der Waals surface area contributed by atoms with Gasteiger partial charge >= 0.3 is 0 Å². The van der Waals surface area contributed by atoms with Crippen LogP contribution in [-0.2, 0) is 17.6 Å². The van der Waals surface area contributed by atoms with E-state index in [1.54, 1.807) is 11.9 Å². The summed E-state index contributed by atoms with van der Waals surface area (Å²) in [5, 5.41) is 20.7. The minimum Gasteiger partial charge on any atom is -0.489 e. The van der Waals surface area contributed by atoms with Crippen LogP contribution in [-0.4, -0.2) is 76.0 Å². The quantitative estimate of drug-likeness (QED) is 0.449. The molecule has 2 atom stereocenters. The van der Waals surface area contributed by atoms with Crippen LogP contribution in [0.4, 0.5) is 5.69 Å². The van der Waals surface area contributed by atoms with Crippen LogP contribution in [0, 0.1) is 0 Å². The van der Waals surface area contributed by atoms with Crippen LogP contribution < -0.4 is 15.0 Å². The van der Waals surface area contributed by atoms with Crippen molar-refractivity contribution in [2.45, 2.75) is 44.4 Å². The van der Waals surface area contributed by atoms with Crippen LogP contribution in [0.25, 0.3) is 0 Å². The number of carbonyl (C=O) groups is 2. The Bertz CT molecular complexity index is 1240. The molecule has 0 spiro atoms. The number of hydrogen-bond donors (Lipinski definition) is 3. The van der Waals surface area contributed by atoms with Gasteiger partial charge in [-0.25, -0.2) is 4.98 Å². The van der Waals surface area contributed by atoms with Crippen molar-refractivity contribution in [2.75, 3.05) is 31.6 Å². The van der Waals surface area contributed by atoms with Gasteiger partial charge in [0.05, 0.1) is 5.69 Å². The number of H-pyrrole nitrogens is 1. The molecule has 2 aromatic carbocycles. The van der Waals surface area contributed by atoms with Crippen molar-refractivity contribution in [1.82, 2.24) is 25.4 Å². The van der Waals surface area contributed by atoms with Gasteiger partial charge in [0.1, 0.15) is 24.2 Å². The van der Waals surface area contributed by atoms with Crippen molar-refractivity contribution in [1.29, 1.82) is 0 Å². The van der Waals surface area contributed by atoms with E-state index in [-0.39, 0.29) is 18.3 Å². The van der Waals surface area contributed by atoms with Gasteiger partial charge in [0.15, 0.2) is 6.23 Å². The Balaban J connectivity index is 1.21. The average Bonchev–Trinajstić information content (AvgIpc) is 3.61. The summed E-state index contributed by atoms with van der Waals surface area (Å²) in [5.74, 6) is 0.875. The predicted molar refractivity (Wildman–Crippen MR) is 137 cm³/mol. The van der Waals surface area contributed by atoms with Crippen LogP contribution in [0.2, 0.25) is 0 Å². The fraction of sp³-hybridized carbons (Fsp3) is 0.407. The van der Waals surface area contributed by atoms with Gasteiger partial charge in [0.2, 0.25) is 11.7 Å². The number of aromatic nitrogens is 3. The van der Waals surface area contributed by atoms with E-state index in [2.05, 4.69) is 20.5 Å². The Hall–Kier alpha value is -3.92. The molecule has 194 valence electrons. The highest BCUT2D eigenvalue weighted by atomic mass is 16.5. The van der Waals surface area contributed by atoms with E-state index in [1.807, 2.05) is 53.4 Å². The zero-order valence-corrected chi connectivity index (χ0v) is 20.9. The number of likely N-dealkylation sites (tertiary alicyclic amines) is 1. The SMILES string of the molecule is CN1c2cc(CCC(=O)N3CCCC3)ccc2OCC(NC(=O)c2n[nH]c(Cc3ccccc3)n2)C1O. The first kappa shape index (κ1) is 24.8. The van der Waals surface area contributed by atoms with Crippen LogP contribution in [0.1, 0.15) is 46.8 Å². The second kappa shape index (κ2) is 11.0. The largest absolute Gasteiger partial charge is 0.489 e. The molecule has 2 unspecified atom stereocenters. The molecule has 0 radical (unpaired) electrons. The predicted octanol–water partition coefficient (Wildman–Crippen LogP) is 1.90. The number of aryl methyl sites for hydroxylation is 1. The molecule has 0 aliphatic carbocycles. The molecule has 3 heterocycles. The molecular weight excluding hydrogens is 472 g/mol. The molecule has 10 nitrogen and oxygen atoms in total. The lowest BCUT2D eigenvalue weighted by Crippen LogP contribution is -2.52. The van der Waals surface area contributed by atoms with Gasteiger partial charge in [-0.3, -0.25) is 14.7 Å². The fourth-order valence-corrected chi connectivity index (χ4v) is 4.78. The van der Waals surface area contributed by atoms with E-state index in [4.69, 9.17) is 4.74 Å². The second-order valence-electron chi connectivity index (χ2n) is 9.57. The van der Waals surface area contributed by atoms with E-state index >= 15 is 0 Å². The summed E-state index contributed by atoms with van der Waals surface area (Å²) in [4.78, 5) is 33.2. The maximum atomic E-state index is 12.9. The summed E-state index contributed by atoms with van der Waals surface area (Å²) >= 11 is 0. The molecule has 37 heavy (non-hydrogen) atoms. The number of ether oxygens (including phenoxy) is 1. The lowest BCUT2D eigenvalue weighted by Gasteiger charge is -2.29. The molecule has 5 rings (SSSR count). The maximum Gasteiger partial charge on any atom is 0.291 e. The smallest absolute Gasteiger partial charge is 0.291 e. The lowest BCUT2D eigenvalue weighted by atomic mass is 10.1. The number of hydrogen-bond acceptors (Lipinski definition) is 7. The molecular formula is C27H32N6O4. The zero-order valence-electron chi connectivity index (χ0n) is 20.9. The molecule has 1 saturated heterocycles. The number of carbonyl (C=O) groups excluding carboxylic acids is 2. The number of aliphatic hydroxyl groups excluding tert-OH is 1. The van der Waals surface area contributed by atoms with Crippen LogP contribution in [0.3, 0.4) is 0 Å². The topological polar surface area (TPSA) is 124 Å². The molecule has 0 bridgehead atoms.